The molecular formula is C29H34N6O4. The molecule has 3 heterocycles. The molecule has 2 aromatic heterocycles. The molecule has 4 aromatic rings. The molecule has 3 N–H and O–H groups in total. The number of hydroxylamine groups is 1. The highest BCUT2D eigenvalue weighted by Crippen LogP contribution is 2.32. The van der Waals surface area contributed by atoms with Crippen LogP contribution in [0.5, 0.6) is 5.75 Å². The van der Waals surface area contributed by atoms with Crippen LogP contribution in [0.1, 0.15) is 48.3 Å². The Morgan fingerprint density at radius 1 is 1.15 bits per heavy atom. The fourth-order valence-corrected chi connectivity index (χ4v) is 5.40. The molecule has 1 saturated heterocycles. The summed E-state index contributed by atoms with van der Waals surface area (Å²) in [6.45, 7) is 6.30. The van der Waals surface area contributed by atoms with Gasteiger partial charge in [-0.1, -0.05) is 13.0 Å². The van der Waals surface area contributed by atoms with Gasteiger partial charge in [-0.25, -0.2) is 10.5 Å². The first kappa shape index (κ1) is 26.4. The first-order valence-corrected chi connectivity index (χ1v) is 13.4. The number of hydrogen-bond acceptors (Lipinski definition) is 7. The highest BCUT2D eigenvalue weighted by atomic mass is 16.5. The summed E-state index contributed by atoms with van der Waals surface area (Å²) in [5.74, 6) is 1.19. The van der Waals surface area contributed by atoms with Gasteiger partial charge in [0.2, 0.25) is 0 Å². The number of H-pyrrole nitrogens is 1. The van der Waals surface area contributed by atoms with E-state index in [-0.39, 0.29) is 5.56 Å². The maximum atomic E-state index is 13.0. The molecule has 204 valence electrons. The van der Waals surface area contributed by atoms with Gasteiger partial charge >= 0.3 is 0 Å². The van der Waals surface area contributed by atoms with E-state index in [1.165, 1.54) is 5.56 Å². The first-order chi connectivity index (χ1) is 18.9. The predicted octanol–water partition coefficient (Wildman–Crippen LogP) is 3.86. The predicted molar refractivity (Wildman–Crippen MR) is 149 cm³/mol. The molecule has 1 amide bonds. The van der Waals surface area contributed by atoms with Crippen molar-refractivity contribution in [2.75, 3.05) is 24.6 Å². The number of fused-ring (bicyclic) bond motifs is 1. The summed E-state index contributed by atoms with van der Waals surface area (Å²) < 4.78 is 7.51. The second-order valence-electron chi connectivity index (χ2n) is 9.92. The topological polar surface area (TPSA) is 125 Å². The van der Waals surface area contributed by atoms with Crippen LogP contribution in [0.3, 0.4) is 0 Å². The van der Waals surface area contributed by atoms with E-state index in [1.807, 2.05) is 32.0 Å². The number of benzene rings is 2. The van der Waals surface area contributed by atoms with Crippen molar-refractivity contribution in [1.82, 2.24) is 25.2 Å². The van der Waals surface area contributed by atoms with Crippen LogP contribution >= 0.6 is 0 Å². The Morgan fingerprint density at radius 3 is 2.56 bits per heavy atom. The zero-order valence-electron chi connectivity index (χ0n) is 22.5. The smallest absolute Gasteiger partial charge is 0.277 e. The van der Waals surface area contributed by atoms with Crippen molar-refractivity contribution < 1.29 is 14.7 Å². The maximum absolute atomic E-state index is 13.0. The van der Waals surface area contributed by atoms with Crippen molar-refractivity contribution >= 4 is 22.6 Å². The van der Waals surface area contributed by atoms with E-state index < -0.39 is 5.91 Å². The number of nitrogens with one attached hydrogen (secondary N) is 2. The molecule has 1 aliphatic heterocycles. The van der Waals surface area contributed by atoms with Gasteiger partial charge in [-0.2, -0.15) is 5.10 Å². The van der Waals surface area contributed by atoms with Gasteiger partial charge in [-0.05, 0) is 80.5 Å². The molecule has 0 spiro atoms. The van der Waals surface area contributed by atoms with Crippen LogP contribution in [0.15, 0.2) is 47.3 Å². The van der Waals surface area contributed by atoms with Gasteiger partial charge in [0, 0.05) is 31.4 Å². The molecule has 1 fully saturated rings. The van der Waals surface area contributed by atoms with Crippen LogP contribution in [-0.2, 0) is 19.9 Å². The third-order valence-electron chi connectivity index (χ3n) is 7.43. The van der Waals surface area contributed by atoms with Gasteiger partial charge in [-0.3, -0.25) is 19.5 Å². The van der Waals surface area contributed by atoms with Gasteiger partial charge in [0.15, 0.2) is 5.52 Å². The highest BCUT2D eigenvalue weighted by molar-refractivity contribution is 5.93. The van der Waals surface area contributed by atoms with Crippen LogP contribution < -0.4 is 20.7 Å². The lowest BCUT2D eigenvalue weighted by Crippen LogP contribution is -2.34. The fourth-order valence-electron chi connectivity index (χ4n) is 5.40. The standard InChI is InChI=1S/C29H34N6O4/c1-4-23-25-26(34(3)32-23)29(37)31-27(30-25)22-17-19(6-11-24(22)39-5-2)16-18-12-14-35(15-13-18)21-9-7-20(8-10-21)28(36)33-38/h6-11,17-18,38H,4-5,12-16H2,1-3H3,(H,33,36)(H,30,31,37). The number of carbonyl (C=O) groups is 1. The van der Waals surface area contributed by atoms with Crippen LogP contribution in [0, 0.1) is 5.92 Å². The molecule has 10 nitrogen and oxygen atoms in total. The Hall–Kier alpha value is -4.18. The monoisotopic (exact) mass is 530 g/mol. The van der Waals surface area contributed by atoms with Gasteiger partial charge in [0.25, 0.3) is 11.5 Å². The van der Waals surface area contributed by atoms with E-state index in [9.17, 15) is 9.59 Å². The van der Waals surface area contributed by atoms with E-state index in [0.717, 1.165) is 49.3 Å². The maximum Gasteiger partial charge on any atom is 0.277 e. The number of ether oxygens (including phenoxy) is 1. The van der Waals surface area contributed by atoms with Crippen molar-refractivity contribution in [3.63, 3.8) is 0 Å². The molecule has 0 unspecified atom stereocenters. The number of piperidine rings is 1. The summed E-state index contributed by atoms with van der Waals surface area (Å²) in [5.41, 5.74) is 6.80. The summed E-state index contributed by atoms with van der Waals surface area (Å²) in [6, 6.07) is 13.4. The van der Waals surface area contributed by atoms with Crippen molar-refractivity contribution in [1.29, 1.82) is 0 Å². The van der Waals surface area contributed by atoms with Gasteiger partial charge in [-0.15, -0.1) is 0 Å². The molecule has 5 rings (SSSR count). The molecule has 0 aliphatic carbocycles. The second-order valence-corrected chi connectivity index (χ2v) is 9.92. The lowest BCUT2D eigenvalue weighted by Gasteiger charge is -2.34. The molecule has 0 radical (unpaired) electrons. The van der Waals surface area contributed by atoms with Gasteiger partial charge in [0.1, 0.15) is 17.1 Å². The van der Waals surface area contributed by atoms with Gasteiger partial charge in [0.05, 0.1) is 17.9 Å². The third-order valence-corrected chi connectivity index (χ3v) is 7.43. The zero-order valence-corrected chi connectivity index (χ0v) is 22.5. The molecule has 0 saturated carbocycles. The van der Waals surface area contributed by atoms with E-state index >= 15 is 0 Å². The first-order valence-electron chi connectivity index (χ1n) is 13.4. The summed E-state index contributed by atoms with van der Waals surface area (Å²) >= 11 is 0. The van der Waals surface area contributed by atoms with E-state index in [1.54, 1.807) is 29.3 Å². The molecule has 10 heteroatoms. The number of aryl methyl sites for hydroxylation is 2. The van der Waals surface area contributed by atoms with E-state index in [0.29, 0.717) is 47.1 Å². The summed E-state index contributed by atoms with van der Waals surface area (Å²) in [4.78, 5) is 34.7. The quantitative estimate of drug-likeness (QED) is 0.233. The van der Waals surface area contributed by atoms with E-state index in [4.69, 9.17) is 14.9 Å². The molecule has 2 aromatic carbocycles. The third kappa shape index (κ3) is 5.37. The van der Waals surface area contributed by atoms with Crippen LogP contribution in [0.25, 0.3) is 22.4 Å². The van der Waals surface area contributed by atoms with Crippen molar-refractivity contribution in [2.45, 2.75) is 39.5 Å². The molecular weight excluding hydrogens is 496 g/mol. The molecule has 1 aliphatic rings. The number of rotatable bonds is 8. The molecule has 39 heavy (non-hydrogen) atoms. The van der Waals surface area contributed by atoms with Crippen LogP contribution in [0.4, 0.5) is 5.69 Å². The summed E-state index contributed by atoms with van der Waals surface area (Å²) in [7, 11) is 1.76. The van der Waals surface area contributed by atoms with E-state index in [2.05, 4.69) is 27.1 Å². The number of aromatic amines is 1. The van der Waals surface area contributed by atoms with Crippen LogP contribution in [0.2, 0.25) is 0 Å². The highest BCUT2D eigenvalue weighted by Gasteiger charge is 2.22. The minimum Gasteiger partial charge on any atom is -0.493 e. The average molecular weight is 531 g/mol. The Bertz CT molecular complexity index is 1530. The minimum atomic E-state index is -0.514. The fraction of sp³-hybridized carbons (Fsp3) is 0.379. The Kier molecular flexibility index (Phi) is 7.65. The lowest BCUT2D eigenvalue weighted by molar-refractivity contribution is 0.0706. The van der Waals surface area contributed by atoms with Crippen molar-refractivity contribution in [3.05, 3.63) is 69.6 Å². The molecule has 0 atom stereocenters. The minimum absolute atomic E-state index is 0.213. The lowest BCUT2D eigenvalue weighted by atomic mass is 9.89. The number of nitrogens with zero attached hydrogens (tertiary/aromatic N) is 4. The zero-order chi connectivity index (χ0) is 27.5. The second kappa shape index (κ2) is 11.3. The number of amides is 1. The number of hydrogen-bond donors (Lipinski definition) is 3. The Morgan fingerprint density at radius 2 is 1.90 bits per heavy atom. The number of carbonyl (C=O) groups excluding carboxylic acids is 1. The van der Waals surface area contributed by atoms with Crippen LogP contribution in [-0.4, -0.2) is 50.6 Å². The summed E-state index contributed by atoms with van der Waals surface area (Å²) in [6.07, 6.45) is 3.69. The average Bonchev–Trinajstić information content (AvgIpc) is 3.29. The molecule has 0 bridgehead atoms. The SMILES string of the molecule is CCOc1ccc(CC2CCN(c3ccc(C(=O)NO)cc3)CC2)cc1-c1nc2c(CC)nn(C)c2c(=O)[nH]1. The van der Waals surface area contributed by atoms with Gasteiger partial charge < -0.3 is 14.6 Å². The normalized spacial score (nSPS) is 14.1. The van der Waals surface area contributed by atoms with Crippen molar-refractivity contribution in [2.24, 2.45) is 13.0 Å². The largest absolute Gasteiger partial charge is 0.493 e. The summed E-state index contributed by atoms with van der Waals surface area (Å²) in [5, 5.41) is 13.3. The number of anilines is 1. The Balaban J connectivity index is 1.34. The van der Waals surface area contributed by atoms with Crippen molar-refractivity contribution in [3.8, 4) is 17.1 Å². The number of aromatic nitrogens is 4. The Labute approximate surface area is 226 Å².